The first-order valence-electron chi connectivity index (χ1n) is 8.11. The van der Waals surface area contributed by atoms with Crippen LogP contribution in [-0.2, 0) is 14.3 Å². The number of ether oxygens (including phenoxy) is 2. The molecule has 2 heterocycles. The van der Waals surface area contributed by atoms with Gasteiger partial charge >= 0.3 is 11.9 Å². The van der Waals surface area contributed by atoms with Crippen LogP contribution in [0.15, 0.2) is 11.1 Å². The van der Waals surface area contributed by atoms with Gasteiger partial charge in [-0.25, -0.2) is 14.6 Å². The van der Waals surface area contributed by atoms with Crippen molar-refractivity contribution in [3.63, 3.8) is 0 Å². The van der Waals surface area contributed by atoms with Gasteiger partial charge in [0, 0.05) is 0 Å². The van der Waals surface area contributed by atoms with Crippen molar-refractivity contribution in [2.24, 2.45) is 5.92 Å². The van der Waals surface area contributed by atoms with Gasteiger partial charge in [0.15, 0.2) is 0 Å². The van der Waals surface area contributed by atoms with E-state index in [2.05, 4.69) is 4.98 Å². The molecule has 0 amide bonds. The Kier molecular flexibility index (Phi) is 5.94. The fourth-order valence-electron chi connectivity index (χ4n) is 2.29. The molecule has 7 nitrogen and oxygen atoms in total. The van der Waals surface area contributed by atoms with Crippen LogP contribution < -0.4 is 5.56 Å². The molecule has 0 saturated carbocycles. The second-order valence-corrected chi connectivity index (χ2v) is 7.11. The van der Waals surface area contributed by atoms with Crippen molar-refractivity contribution in [1.82, 2.24) is 9.55 Å². The van der Waals surface area contributed by atoms with E-state index in [-0.39, 0.29) is 18.1 Å². The Morgan fingerprint density at radius 1 is 1.28 bits per heavy atom. The number of carbonyl (C=O) groups excluding carboxylic acids is 2. The molecule has 0 aliphatic heterocycles. The van der Waals surface area contributed by atoms with E-state index in [9.17, 15) is 14.4 Å². The lowest BCUT2D eigenvalue weighted by molar-refractivity contribution is -0.146. The van der Waals surface area contributed by atoms with Gasteiger partial charge in [0.25, 0.3) is 5.56 Å². The van der Waals surface area contributed by atoms with Crippen molar-refractivity contribution in [2.45, 2.75) is 40.7 Å². The van der Waals surface area contributed by atoms with Gasteiger partial charge in [0.1, 0.15) is 15.7 Å². The molecule has 136 valence electrons. The minimum atomic E-state index is -0.792. The van der Waals surface area contributed by atoms with Gasteiger partial charge in [0.2, 0.25) is 0 Å². The van der Waals surface area contributed by atoms with Gasteiger partial charge in [-0.2, -0.15) is 0 Å². The van der Waals surface area contributed by atoms with Crippen molar-refractivity contribution in [1.29, 1.82) is 0 Å². The molecule has 25 heavy (non-hydrogen) atoms. The van der Waals surface area contributed by atoms with Crippen molar-refractivity contribution in [3.8, 4) is 0 Å². The minimum absolute atomic E-state index is 0.222. The lowest BCUT2D eigenvalue weighted by Crippen LogP contribution is -2.29. The van der Waals surface area contributed by atoms with Gasteiger partial charge in [0.05, 0.1) is 24.9 Å². The number of fused-ring (bicyclic) bond motifs is 1. The fraction of sp³-hybridized carbons (Fsp3) is 0.529. The number of carbonyl (C=O) groups is 2. The molecule has 2 aromatic rings. The highest BCUT2D eigenvalue weighted by atomic mass is 32.1. The molecule has 0 spiro atoms. The van der Waals surface area contributed by atoms with Crippen LogP contribution in [0.5, 0.6) is 0 Å². The third kappa shape index (κ3) is 3.89. The van der Waals surface area contributed by atoms with Crippen molar-refractivity contribution >= 4 is 33.5 Å². The number of aromatic nitrogens is 2. The first kappa shape index (κ1) is 19.1. The normalized spacial score (nSPS) is 12.4. The molecule has 0 radical (unpaired) electrons. The van der Waals surface area contributed by atoms with E-state index in [4.69, 9.17) is 9.47 Å². The highest BCUT2D eigenvalue weighted by Crippen LogP contribution is 2.28. The number of rotatable bonds is 6. The van der Waals surface area contributed by atoms with Crippen molar-refractivity contribution in [2.75, 3.05) is 13.2 Å². The lowest BCUT2D eigenvalue weighted by atomic mass is 10.2. The fourth-order valence-corrected chi connectivity index (χ4v) is 3.33. The van der Waals surface area contributed by atoms with Gasteiger partial charge in [-0.05, 0) is 32.3 Å². The van der Waals surface area contributed by atoms with E-state index in [1.807, 2.05) is 13.8 Å². The topological polar surface area (TPSA) is 87.5 Å². The summed E-state index contributed by atoms with van der Waals surface area (Å²) in [5.41, 5.74) is 0.152. The summed E-state index contributed by atoms with van der Waals surface area (Å²) in [4.78, 5) is 42.0. The summed E-state index contributed by atoms with van der Waals surface area (Å²) in [6.45, 7) is 9.40. The molecule has 0 fully saturated rings. The van der Waals surface area contributed by atoms with Gasteiger partial charge in [-0.15, -0.1) is 11.3 Å². The Morgan fingerprint density at radius 3 is 2.56 bits per heavy atom. The van der Waals surface area contributed by atoms with E-state index in [1.165, 1.54) is 10.9 Å². The number of hydrogen-bond donors (Lipinski definition) is 0. The highest BCUT2D eigenvalue weighted by molar-refractivity contribution is 7.20. The first-order chi connectivity index (χ1) is 11.8. The second-order valence-electron chi connectivity index (χ2n) is 6.11. The third-order valence-corrected chi connectivity index (χ3v) is 4.83. The third-order valence-electron chi connectivity index (χ3n) is 3.65. The number of nitrogens with zero attached hydrogens (tertiary/aromatic N) is 2. The molecule has 1 unspecified atom stereocenters. The van der Waals surface area contributed by atoms with Crippen LogP contribution in [-0.4, -0.2) is 34.7 Å². The smallest absolute Gasteiger partial charge is 0.348 e. The second kappa shape index (κ2) is 7.77. The molecule has 0 saturated heterocycles. The van der Waals surface area contributed by atoms with Crippen LogP contribution in [0.25, 0.3) is 10.2 Å². The van der Waals surface area contributed by atoms with E-state index >= 15 is 0 Å². The number of hydrogen-bond acceptors (Lipinski definition) is 7. The zero-order chi connectivity index (χ0) is 18.7. The van der Waals surface area contributed by atoms with Gasteiger partial charge in [-0.3, -0.25) is 9.36 Å². The first-order valence-corrected chi connectivity index (χ1v) is 8.93. The predicted molar refractivity (Wildman–Crippen MR) is 95.1 cm³/mol. The molecule has 2 rings (SSSR count). The van der Waals surface area contributed by atoms with Gasteiger partial charge in [-0.1, -0.05) is 13.8 Å². The quantitative estimate of drug-likeness (QED) is 0.731. The number of thiophene rings is 1. The average Bonchev–Trinajstić information content (AvgIpc) is 2.90. The van der Waals surface area contributed by atoms with Crippen LogP contribution >= 0.6 is 11.3 Å². The predicted octanol–water partition coefficient (Wildman–Crippen LogP) is 2.70. The molecular formula is C17H22N2O5S. The van der Waals surface area contributed by atoms with E-state index in [1.54, 1.807) is 20.8 Å². The zero-order valence-corrected chi connectivity index (χ0v) is 15.8. The number of aryl methyl sites for hydroxylation is 1. The monoisotopic (exact) mass is 366 g/mol. The molecular weight excluding hydrogens is 344 g/mol. The molecule has 0 aromatic carbocycles. The summed E-state index contributed by atoms with van der Waals surface area (Å²) in [6, 6.07) is -0.792. The average molecular weight is 366 g/mol. The maximum atomic E-state index is 12.8. The van der Waals surface area contributed by atoms with Crippen LogP contribution in [0.2, 0.25) is 0 Å². The standard InChI is InChI=1S/C17H22N2O5S/c1-6-23-16(21)11(5)19-8-18-14-12(15(19)20)10(4)13(25-14)17(22)24-7-9(2)3/h8-9,11H,6-7H2,1-5H3. The minimum Gasteiger partial charge on any atom is -0.464 e. The van der Waals surface area contributed by atoms with E-state index < -0.39 is 18.0 Å². The zero-order valence-electron chi connectivity index (χ0n) is 15.0. The molecule has 0 bridgehead atoms. The van der Waals surface area contributed by atoms with Crippen molar-refractivity contribution < 1.29 is 19.1 Å². The molecule has 1 atom stereocenters. The number of esters is 2. The Bertz CT molecular complexity index is 853. The van der Waals surface area contributed by atoms with Crippen LogP contribution in [0.3, 0.4) is 0 Å². The molecule has 0 N–H and O–H groups in total. The van der Waals surface area contributed by atoms with Gasteiger partial charge < -0.3 is 9.47 Å². The Balaban J connectivity index is 2.45. The largest absolute Gasteiger partial charge is 0.464 e. The molecule has 0 aliphatic rings. The van der Waals surface area contributed by atoms with Crippen LogP contribution in [0.1, 0.15) is 49.0 Å². The maximum absolute atomic E-state index is 12.8. The Labute approximate surface area is 149 Å². The highest BCUT2D eigenvalue weighted by Gasteiger charge is 2.24. The maximum Gasteiger partial charge on any atom is 0.348 e. The van der Waals surface area contributed by atoms with Crippen LogP contribution in [0.4, 0.5) is 0 Å². The molecule has 2 aromatic heterocycles. The summed E-state index contributed by atoms with van der Waals surface area (Å²) in [7, 11) is 0. The van der Waals surface area contributed by atoms with E-state index in [0.717, 1.165) is 11.3 Å². The molecule has 0 aliphatic carbocycles. The Hall–Kier alpha value is -2.22. The summed E-state index contributed by atoms with van der Waals surface area (Å²) < 4.78 is 11.4. The molecule has 8 heteroatoms. The summed E-state index contributed by atoms with van der Waals surface area (Å²) in [5, 5.41) is 0.333. The summed E-state index contributed by atoms with van der Waals surface area (Å²) >= 11 is 1.12. The summed E-state index contributed by atoms with van der Waals surface area (Å²) in [6.07, 6.45) is 1.31. The SMILES string of the molecule is CCOC(=O)C(C)n1cnc2sc(C(=O)OCC(C)C)c(C)c2c1=O. The van der Waals surface area contributed by atoms with Crippen molar-refractivity contribution in [3.05, 3.63) is 27.1 Å². The van der Waals surface area contributed by atoms with E-state index in [0.29, 0.717) is 27.3 Å². The summed E-state index contributed by atoms with van der Waals surface area (Å²) in [5.74, 6) is -0.742. The lowest BCUT2D eigenvalue weighted by Gasteiger charge is -2.13. The van der Waals surface area contributed by atoms with Crippen LogP contribution in [0, 0.1) is 12.8 Å². The Morgan fingerprint density at radius 2 is 1.96 bits per heavy atom.